The van der Waals surface area contributed by atoms with Crippen LogP contribution in [0.15, 0.2) is 54.6 Å². The second-order valence-corrected chi connectivity index (χ2v) is 11.2. The molecule has 7 nitrogen and oxygen atoms in total. The molecule has 37 heavy (non-hydrogen) atoms. The average molecular weight is 520 g/mol. The fourth-order valence-electron chi connectivity index (χ4n) is 5.77. The molecular formula is C29H37N5O2S. The van der Waals surface area contributed by atoms with Crippen LogP contribution >= 0.6 is 12.2 Å². The Balaban J connectivity index is 1.34. The number of nitrogens with zero attached hydrogens (tertiary/aromatic N) is 3. The van der Waals surface area contributed by atoms with Gasteiger partial charge in [-0.1, -0.05) is 49.6 Å². The number of nitrogens with one attached hydrogen (secondary N) is 2. The van der Waals surface area contributed by atoms with Crippen molar-refractivity contribution in [1.29, 1.82) is 0 Å². The van der Waals surface area contributed by atoms with Crippen LogP contribution in [-0.4, -0.2) is 65.5 Å². The second-order valence-electron chi connectivity index (χ2n) is 10.8. The predicted molar refractivity (Wildman–Crippen MR) is 152 cm³/mol. The summed E-state index contributed by atoms with van der Waals surface area (Å²) < 4.78 is 0. The molecule has 2 aromatic carbocycles. The highest BCUT2D eigenvalue weighted by atomic mass is 32.1. The molecule has 1 heterocycles. The van der Waals surface area contributed by atoms with E-state index < -0.39 is 5.54 Å². The van der Waals surface area contributed by atoms with Crippen LogP contribution in [0.5, 0.6) is 0 Å². The van der Waals surface area contributed by atoms with Gasteiger partial charge in [-0.15, -0.1) is 0 Å². The molecule has 0 aromatic heterocycles. The summed E-state index contributed by atoms with van der Waals surface area (Å²) in [7, 11) is 3.99. The van der Waals surface area contributed by atoms with Crippen LogP contribution in [0.25, 0.3) is 0 Å². The Hall–Kier alpha value is -3.13. The zero-order valence-electron chi connectivity index (χ0n) is 21.8. The molecule has 1 aliphatic heterocycles. The fraction of sp³-hybridized carbons (Fsp3) is 0.483. The normalized spacial score (nSPS) is 20.8. The monoisotopic (exact) mass is 519 g/mol. The Morgan fingerprint density at radius 3 is 2.32 bits per heavy atom. The molecule has 1 atom stereocenters. The Bertz CT molecular complexity index is 1130. The summed E-state index contributed by atoms with van der Waals surface area (Å²) in [5.41, 5.74) is 2.18. The highest BCUT2D eigenvalue weighted by molar-refractivity contribution is 7.80. The standard InChI is InChI=1S/C29H37N5O2S/c1-32(2)23-13-11-22(12-14-23)30-27(36)29(17-7-4-8-18-29)34(24-15-16-24)26(35)20-33-19-25(31-28(33)37)21-9-5-3-6-10-21/h3,5-6,9-14,24-25H,4,7-8,15-20H2,1-2H3,(H,30,36)(H,31,37)/t25-/m1/s1. The predicted octanol–water partition coefficient (Wildman–Crippen LogP) is 4.32. The van der Waals surface area contributed by atoms with E-state index in [9.17, 15) is 9.59 Å². The third-order valence-electron chi connectivity index (χ3n) is 7.90. The van der Waals surface area contributed by atoms with Gasteiger partial charge in [0.2, 0.25) is 11.8 Å². The maximum absolute atomic E-state index is 14.0. The Morgan fingerprint density at radius 2 is 1.70 bits per heavy atom. The van der Waals surface area contributed by atoms with E-state index in [4.69, 9.17) is 12.2 Å². The Morgan fingerprint density at radius 1 is 1.03 bits per heavy atom. The molecule has 8 heteroatoms. The van der Waals surface area contributed by atoms with E-state index in [0.717, 1.165) is 49.0 Å². The lowest BCUT2D eigenvalue weighted by molar-refractivity contribution is -0.149. The van der Waals surface area contributed by atoms with Crippen LogP contribution in [-0.2, 0) is 9.59 Å². The summed E-state index contributed by atoms with van der Waals surface area (Å²) >= 11 is 5.62. The minimum absolute atomic E-state index is 0.000340. The molecule has 3 aliphatic rings. The zero-order chi connectivity index (χ0) is 26.0. The van der Waals surface area contributed by atoms with Crippen molar-refractivity contribution in [3.8, 4) is 0 Å². The van der Waals surface area contributed by atoms with Gasteiger partial charge in [0.25, 0.3) is 0 Å². The first-order valence-electron chi connectivity index (χ1n) is 13.4. The van der Waals surface area contributed by atoms with Gasteiger partial charge < -0.3 is 25.3 Å². The number of anilines is 2. The van der Waals surface area contributed by atoms with Crippen molar-refractivity contribution in [3.05, 3.63) is 60.2 Å². The number of carbonyl (C=O) groups excluding carboxylic acids is 2. The van der Waals surface area contributed by atoms with Crippen molar-refractivity contribution in [1.82, 2.24) is 15.1 Å². The number of thiocarbonyl (C=S) groups is 1. The van der Waals surface area contributed by atoms with Crippen molar-refractivity contribution in [3.63, 3.8) is 0 Å². The van der Waals surface area contributed by atoms with Crippen LogP contribution in [0.2, 0.25) is 0 Å². The molecule has 5 rings (SSSR count). The molecule has 0 unspecified atom stereocenters. The molecule has 2 N–H and O–H groups in total. The summed E-state index contributed by atoms with van der Waals surface area (Å²) in [5, 5.41) is 7.13. The lowest BCUT2D eigenvalue weighted by atomic mass is 9.79. The van der Waals surface area contributed by atoms with Crippen LogP contribution in [0, 0.1) is 0 Å². The zero-order valence-corrected chi connectivity index (χ0v) is 22.6. The quantitative estimate of drug-likeness (QED) is 0.507. The summed E-state index contributed by atoms with van der Waals surface area (Å²) in [5.74, 6) is -0.0605. The molecule has 3 fully saturated rings. The molecule has 2 saturated carbocycles. The third kappa shape index (κ3) is 5.44. The number of carbonyl (C=O) groups is 2. The summed E-state index contributed by atoms with van der Waals surface area (Å²) in [6, 6.07) is 18.2. The van der Waals surface area contributed by atoms with Gasteiger partial charge in [-0.25, -0.2) is 0 Å². The lowest BCUT2D eigenvalue weighted by Crippen LogP contribution is -2.62. The highest BCUT2D eigenvalue weighted by Crippen LogP contribution is 2.42. The largest absolute Gasteiger partial charge is 0.378 e. The van der Waals surface area contributed by atoms with E-state index >= 15 is 0 Å². The van der Waals surface area contributed by atoms with Crippen molar-refractivity contribution >= 4 is 40.5 Å². The minimum Gasteiger partial charge on any atom is -0.378 e. The number of benzene rings is 2. The maximum atomic E-state index is 14.0. The number of rotatable bonds is 8. The smallest absolute Gasteiger partial charge is 0.250 e. The second kappa shape index (κ2) is 10.7. The number of hydrogen-bond acceptors (Lipinski definition) is 4. The topological polar surface area (TPSA) is 67.9 Å². The van der Waals surface area contributed by atoms with Gasteiger partial charge in [0.15, 0.2) is 5.11 Å². The molecule has 2 aromatic rings. The van der Waals surface area contributed by atoms with Gasteiger partial charge in [-0.05, 0) is 67.7 Å². The van der Waals surface area contributed by atoms with E-state index in [2.05, 4.69) is 22.8 Å². The molecule has 0 bridgehead atoms. The fourth-order valence-corrected chi connectivity index (χ4v) is 6.05. The minimum atomic E-state index is -0.815. The third-order valence-corrected chi connectivity index (χ3v) is 8.28. The van der Waals surface area contributed by atoms with Gasteiger partial charge in [-0.3, -0.25) is 9.59 Å². The number of amides is 2. The first kappa shape index (κ1) is 25.5. The molecule has 0 radical (unpaired) electrons. The van der Waals surface area contributed by atoms with Crippen molar-refractivity contribution in [2.24, 2.45) is 0 Å². The van der Waals surface area contributed by atoms with Gasteiger partial charge in [0.1, 0.15) is 5.54 Å². The van der Waals surface area contributed by atoms with E-state index in [1.165, 1.54) is 0 Å². The molecule has 196 valence electrons. The molecule has 2 aliphatic carbocycles. The van der Waals surface area contributed by atoms with E-state index in [-0.39, 0.29) is 30.4 Å². The first-order valence-corrected chi connectivity index (χ1v) is 13.8. The van der Waals surface area contributed by atoms with Crippen molar-refractivity contribution in [2.45, 2.75) is 62.6 Å². The Labute approximate surface area is 225 Å². The summed E-state index contributed by atoms with van der Waals surface area (Å²) in [6.07, 6.45) is 6.30. The van der Waals surface area contributed by atoms with Crippen LogP contribution in [0.1, 0.15) is 56.6 Å². The lowest BCUT2D eigenvalue weighted by Gasteiger charge is -2.46. The first-order chi connectivity index (χ1) is 17.9. The molecular weight excluding hydrogens is 482 g/mol. The highest BCUT2D eigenvalue weighted by Gasteiger charge is 2.52. The maximum Gasteiger partial charge on any atom is 0.250 e. The van der Waals surface area contributed by atoms with E-state index in [0.29, 0.717) is 24.5 Å². The van der Waals surface area contributed by atoms with Gasteiger partial charge >= 0.3 is 0 Å². The Kier molecular flexibility index (Phi) is 7.38. The molecule has 1 saturated heterocycles. The number of hydrogen-bond donors (Lipinski definition) is 2. The van der Waals surface area contributed by atoms with Crippen molar-refractivity contribution in [2.75, 3.05) is 37.4 Å². The van der Waals surface area contributed by atoms with Crippen LogP contribution in [0.3, 0.4) is 0 Å². The van der Waals surface area contributed by atoms with Crippen LogP contribution in [0.4, 0.5) is 11.4 Å². The van der Waals surface area contributed by atoms with Crippen molar-refractivity contribution < 1.29 is 9.59 Å². The summed E-state index contributed by atoms with van der Waals surface area (Å²) in [4.78, 5) is 33.9. The SMILES string of the molecule is CN(C)c1ccc(NC(=O)C2(N(C(=O)CN3C[C@H](c4ccccc4)NC3=S)C3CC3)CCCCC2)cc1. The van der Waals surface area contributed by atoms with Gasteiger partial charge in [0, 0.05) is 38.1 Å². The van der Waals surface area contributed by atoms with Crippen LogP contribution < -0.4 is 15.5 Å². The van der Waals surface area contributed by atoms with E-state index in [1.54, 1.807) is 0 Å². The van der Waals surface area contributed by atoms with Gasteiger partial charge in [-0.2, -0.15) is 0 Å². The molecule has 2 amide bonds. The average Bonchev–Trinajstić information content (AvgIpc) is 3.67. The molecule has 0 spiro atoms. The van der Waals surface area contributed by atoms with E-state index in [1.807, 2.05) is 71.3 Å². The summed E-state index contributed by atoms with van der Waals surface area (Å²) in [6.45, 7) is 0.836. The van der Waals surface area contributed by atoms with Gasteiger partial charge in [0.05, 0.1) is 12.6 Å².